The van der Waals surface area contributed by atoms with Crippen molar-refractivity contribution >= 4 is 5.91 Å². The summed E-state index contributed by atoms with van der Waals surface area (Å²) in [6.45, 7) is 2.03. The zero-order chi connectivity index (χ0) is 35.9. The topological polar surface area (TPSA) is 338 Å². The number of nitrogens with two attached hydrogens (primary N) is 3. The number of nitrogens with one attached hydrogen (secondary N) is 2. The second-order valence-corrected chi connectivity index (χ2v) is 13.5. The predicted molar refractivity (Wildman–Crippen MR) is 165 cm³/mol. The molecule has 0 aromatic heterocycles. The molecule has 0 radical (unpaired) electrons. The molecule has 2 aliphatic heterocycles. The summed E-state index contributed by atoms with van der Waals surface area (Å²) in [5.74, 6) is -2.53. The second kappa shape index (κ2) is 18.3. The molecule has 19 nitrogen and oxygen atoms in total. The maximum atomic E-state index is 12.9. The van der Waals surface area contributed by atoms with Gasteiger partial charge in [-0.25, -0.2) is 0 Å². The molecule has 17 N–H and O–H groups in total. The molecule has 0 aromatic carbocycles. The first-order chi connectivity index (χ1) is 22.6. The molecule has 2 heterocycles. The van der Waals surface area contributed by atoms with Crippen LogP contribution in [0.3, 0.4) is 0 Å². The smallest absolute Gasteiger partial charge is 0.251 e. The molecule has 282 valence electrons. The Morgan fingerprint density at radius 1 is 0.979 bits per heavy atom. The fourth-order valence-corrected chi connectivity index (χ4v) is 6.04. The molecule has 16 atom stereocenters. The van der Waals surface area contributed by atoms with Crippen LogP contribution in [0, 0.1) is 11.8 Å². The zero-order valence-electron chi connectivity index (χ0n) is 27.4. The third-order valence-corrected chi connectivity index (χ3v) is 9.70. The lowest BCUT2D eigenvalue weighted by Crippen LogP contribution is -2.68. The van der Waals surface area contributed by atoms with Crippen molar-refractivity contribution in [1.82, 2.24) is 10.6 Å². The van der Waals surface area contributed by atoms with Gasteiger partial charge < -0.3 is 92.7 Å². The van der Waals surface area contributed by atoms with Crippen LogP contribution in [-0.4, -0.2) is 183 Å². The summed E-state index contributed by atoms with van der Waals surface area (Å²) in [5.41, 5.74) is 16.7. The van der Waals surface area contributed by atoms with Crippen LogP contribution in [0.15, 0.2) is 0 Å². The first kappa shape index (κ1) is 41.2. The van der Waals surface area contributed by atoms with Crippen molar-refractivity contribution < 1.29 is 69.7 Å². The van der Waals surface area contributed by atoms with Gasteiger partial charge in [-0.15, -0.1) is 0 Å². The molecule has 1 aliphatic carbocycles. The van der Waals surface area contributed by atoms with Gasteiger partial charge in [-0.05, 0) is 26.2 Å². The zero-order valence-corrected chi connectivity index (χ0v) is 27.4. The Hall–Kier alpha value is -1.21. The van der Waals surface area contributed by atoms with Crippen LogP contribution in [0.25, 0.3) is 0 Å². The van der Waals surface area contributed by atoms with Crippen molar-refractivity contribution in [3.8, 4) is 0 Å². The molecule has 7 unspecified atom stereocenters. The number of ether oxygens (including phenoxy) is 4. The number of amides is 1. The highest BCUT2D eigenvalue weighted by Gasteiger charge is 2.51. The van der Waals surface area contributed by atoms with Gasteiger partial charge in [0.15, 0.2) is 18.7 Å². The Labute approximate surface area is 279 Å². The Morgan fingerprint density at radius 3 is 2.25 bits per heavy atom. The van der Waals surface area contributed by atoms with E-state index in [1.807, 2.05) is 0 Å². The van der Waals surface area contributed by atoms with Crippen LogP contribution in [-0.2, 0) is 23.7 Å². The number of aliphatic hydroxyl groups is 9. The van der Waals surface area contributed by atoms with Crippen molar-refractivity contribution in [3.05, 3.63) is 0 Å². The molecule has 48 heavy (non-hydrogen) atoms. The monoisotopic (exact) mass is 699 g/mol. The first-order valence-electron chi connectivity index (χ1n) is 16.4. The fraction of sp³-hybridized carbons (Fsp3) is 0.966. The van der Waals surface area contributed by atoms with E-state index in [-0.39, 0.29) is 39.3 Å². The number of hydrogen-bond donors (Lipinski definition) is 14. The third kappa shape index (κ3) is 10.2. The maximum Gasteiger partial charge on any atom is 0.251 e. The number of carbonyl (C=O) groups excluding carboxylic acids is 1. The SMILES string of the molecule is C[C@@H]1C(O)[C@@H](OC2C(O)C(O[C@H]3O[C@H](CNCC(O)C(CO)CO)CCC3N)[C@@H](N)C[C@H]2NC(=O)[C@@H](O)[C@@H](O)[C@@H](O)CN)OCC1(C)O. The quantitative estimate of drug-likeness (QED) is 0.0711. The summed E-state index contributed by atoms with van der Waals surface area (Å²) < 4.78 is 23.8. The Morgan fingerprint density at radius 2 is 1.62 bits per heavy atom. The van der Waals surface area contributed by atoms with Crippen molar-refractivity contribution in [2.24, 2.45) is 29.0 Å². The molecule has 0 bridgehead atoms. The van der Waals surface area contributed by atoms with Crippen LogP contribution in [0.1, 0.15) is 33.1 Å². The van der Waals surface area contributed by atoms with Gasteiger partial charge >= 0.3 is 0 Å². The molecule has 1 saturated carbocycles. The van der Waals surface area contributed by atoms with E-state index in [2.05, 4.69) is 10.6 Å². The van der Waals surface area contributed by atoms with Crippen LogP contribution in [0.5, 0.6) is 0 Å². The van der Waals surface area contributed by atoms with Gasteiger partial charge in [0.1, 0.15) is 30.5 Å². The van der Waals surface area contributed by atoms with Crippen LogP contribution in [0.4, 0.5) is 0 Å². The van der Waals surface area contributed by atoms with Crippen molar-refractivity contribution in [2.45, 2.75) is 124 Å². The summed E-state index contributed by atoms with van der Waals surface area (Å²) in [4.78, 5) is 12.9. The Bertz CT molecular complexity index is 985. The Kier molecular flexibility index (Phi) is 15.7. The highest BCUT2D eigenvalue weighted by molar-refractivity contribution is 5.81. The third-order valence-electron chi connectivity index (χ3n) is 9.70. The molecular formula is C29H57N5O14. The van der Waals surface area contributed by atoms with E-state index in [1.54, 1.807) is 6.92 Å². The summed E-state index contributed by atoms with van der Waals surface area (Å²) in [6, 6.07) is -2.70. The van der Waals surface area contributed by atoms with Gasteiger partial charge in [0.05, 0.1) is 55.8 Å². The number of aliphatic hydroxyl groups excluding tert-OH is 8. The van der Waals surface area contributed by atoms with Crippen LogP contribution in [0.2, 0.25) is 0 Å². The van der Waals surface area contributed by atoms with E-state index in [4.69, 9.17) is 36.1 Å². The molecule has 2 saturated heterocycles. The molecule has 19 heteroatoms. The van der Waals surface area contributed by atoms with E-state index in [0.29, 0.717) is 12.8 Å². The largest absolute Gasteiger partial charge is 0.396 e. The molecule has 3 rings (SSSR count). The fourth-order valence-electron chi connectivity index (χ4n) is 6.04. The van der Waals surface area contributed by atoms with Gasteiger partial charge in [0, 0.05) is 37.5 Å². The summed E-state index contributed by atoms with van der Waals surface area (Å²) >= 11 is 0. The van der Waals surface area contributed by atoms with Gasteiger partial charge in [0.2, 0.25) is 0 Å². The summed E-state index contributed by atoms with van der Waals surface area (Å²) in [5, 5.41) is 97.5. The minimum atomic E-state index is -2.10. The molecule has 3 fully saturated rings. The van der Waals surface area contributed by atoms with Crippen molar-refractivity contribution in [2.75, 3.05) is 39.5 Å². The number of rotatable bonds is 16. The van der Waals surface area contributed by atoms with Crippen LogP contribution >= 0.6 is 0 Å². The van der Waals surface area contributed by atoms with Gasteiger partial charge in [-0.2, -0.15) is 0 Å². The van der Waals surface area contributed by atoms with E-state index in [0.717, 1.165) is 0 Å². The predicted octanol–water partition coefficient (Wildman–Crippen LogP) is -7.14. The van der Waals surface area contributed by atoms with Gasteiger partial charge in [0.25, 0.3) is 5.91 Å². The second-order valence-electron chi connectivity index (χ2n) is 13.5. The van der Waals surface area contributed by atoms with E-state index < -0.39 is 116 Å². The molecule has 3 aliphatic rings. The normalized spacial score (nSPS) is 40.3. The lowest BCUT2D eigenvalue weighted by atomic mass is 9.82. The average molecular weight is 700 g/mol. The lowest BCUT2D eigenvalue weighted by Gasteiger charge is -2.48. The molecule has 0 aromatic rings. The highest BCUT2D eigenvalue weighted by atomic mass is 16.7. The Balaban J connectivity index is 1.74. The van der Waals surface area contributed by atoms with Crippen LogP contribution < -0.4 is 27.8 Å². The molecule has 0 spiro atoms. The average Bonchev–Trinajstić information content (AvgIpc) is 3.05. The summed E-state index contributed by atoms with van der Waals surface area (Å²) in [6.07, 6.45) is -14.0. The number of hydrogen-bond acceptors (Lipinski definition) is 18. The minimum absolute atomic E-state index is 0.0849. The van der Waals surface area contributed by atoms with Gasteiger partial charge in [-0.1, -0.05) is 6.92 Å². The van der Waals surface area contributed by atoms with E-state index >= 15 is 0 Å². The highest BCUT2D eigenvalue weighted by Crippen LogP contribution is 2.34. The lowest BCUT2D eigenvalue weighted by molar-refractivity contribution is -0.314. The maximum absolute atomic E-state index is 12.9. The van der Waals surface area contributed by atoms with E-state index in [9.17, 15) is 50.8 Å². The molecular weight excluding hydrogens is 642 g/mol. The standard InChI is InChI=1S/C29H57N5O14/c1-12-20(39)28(45-11-29(12,2)44)48-25-17(34-26(43)22(41)21(40)18(37)6-30)5-16(32)24(23(25)42)47-27-15(31)4-3-14(46-27)7-33-8-19(38)13(9-35)10-36/h12-25,27-28,33,35-42,44H,3-11,30-32H2,1-2H3,(H,34,43)/t12-,14+,15?,16+,17-,18+,19?,20?,21+,22+,23?,24?,25?,27-,28-,29?/m1/s1. The van der Waals surface area contributed by atoms with Crippen molar-refractivity contribution in [1.29, 1.82) is 0 Å². The minimum Gasteiger partial charge on any atom is -0.396 e. The van der Waals surface area contributed by atoms with Crippen molar-refractivity contribution in [3.63, 3.8) is 0 Å². The number of carbonyl (C=O) groups is 1. The summed E-state index contributed by atoms with van der Waals surface area (Å²) in [7, 11) is 0. The first-order valence-corrected chi connectivity index (χ1v) is 16.4. The molecule has 1 amide bonds. The van der Waals surface area contributed by atoms with Gasteiger partial charge in [-0.3, -0.25) is 4.79 Å². The van der Waals surface area contributed by atoms with E-state index in [1.165, 1.54) is 6.92 Å².